The Morgan fingerprint density at radius 3 is 1.75 bits per heavy atom. The van der Waals surface area contributed by atoms with Gasteiger partial charge in [-0.25, -0.2) is 0 Å². The van der Waals surface area contributed by atoms with E-state index in [9.17, 15) is 4.79 Å². The van der Waals surface area contributed by atoms with Crippen LogP contribution >= 0.6 is 0 Å². The summed E-state index contributed by atoms with van der Waals surface area (Å²) < 4.78 is 10.7. The Kier molecular flexibility index (Phi) is 22.8. The molecule has 0 aromatic heterocycles. The minimum atomic E-state index is -0.660. The van der Waals surface area contributed by atoms with Crippen molar-refractivity contribution in [1.82, 2.24) is 4.90 Å². The van der Waals surface area contributed by atoms with E-state index in [-0.39, 0.29) is 11.6 Å². The number of nitrogens with zero attached hydrogens (tertiary/aromatic N) is 1. The van der Waals surface area contributed by atoms with Crippen molar-refractivity contribution in [2.24, 2.45) is 11.8 Å². The number of hydrogen-bond donors (Lipinski definition) is 1. The number of allylic oxidation sites excluding steroid dienone is 2. The Balaban J connectivity index is 0. The summed E-state index contributed by atoms with van der Waals surface area (Å²) in [7, 11) is 7.42. The molecule has 0 spiro atoms. The number of carbonyl (C=O) groups is 1. The maximum Gasteiger partial charge on any atom is 0.306 e. The molecule has 192 valence electrons. The molecule has 2 unspecified atom stereocenters. The Hall–Kier alpha value is -0.910. The van der Waals surface area contributed by atoms with Crippen LogP contribution in [0.1, 0.15) is 105 Å². The molecule has 0 amide bonds. The third-order valence-corrected chi connectivity index (χ3v) is 6.18. The SMILES string of the molecule is CCCCCCCC=CCCCCCCC(C)C(=O)O.COCC(OC)(C(C)C)N(C)C. The molecule has 0 aromatic carbocycles. The molecule has 0 saturated heterocycles. The fourth-order valence-electron chi connectivity index (χ4n) is 3.79. The number of carboxylic acid groups (broad SMARTS) is 1. The van der Waals surface area contributed by atoms with Crippen LogP contribution < -0.4 is 0 Å². The molecule has 0 radical (unpaired) electrons. The van der Waals surface area contributed by atoms with Crippen molar-refractivity contribution in [3.63, 3.8) is 0 Å². The van der Waals surface area contributed by atoms with Gasteiger partial charge in [0.1, 0.15) is 5.72 Å². The van der Waals surface area contributed by atoms with Crippen molar-refractivity contribution >= 4 is 5.97 Å². The molecule has 2 atom stereocenters. The second-order valence-electron chi connectivity index (χ2n) is 9.44. The van der Waals surface area contributed by atoms with Crippen LogP contribution in [0.2, 0.25) is 0 Å². The summed E-state index contributed by atoms with van der Waals surface area (Å²) >= 11 is 0. The molecule has 0 heterocycles. The summed E-state index contributed by atoms with van der Waals surface area (Å²) in [5, 5.41) is 8.76. The molecule has 32 heavy (non-hydrogen) atoms. The van der Waals surface area contributed by atoms with E-state index in [1.54, 1.807) is 21.1 Å². The van der Waals surface area contributed by atoms with Crippen LogP contribution in [0.3, 0.4) is 0 Å². The van der Waals surface area contributed by atoms with Gasteiger partial charge in [0.05, 0.1) is 12.5 Å². The van der Waals surface area contributed by atoms with Crippen molar-refractivity contribution < 1.29 is 19.4 Å². The van der Waals surface area contributed by atoms with Crippen LogP contribution in [0, 0.1) is 11.8 Å². The quantitative estimate of drug-likeness (QED) is 0.127. The van der Waals surface area contributed by atoms with Gasteiger partial charge in [0.2, 0.25) is 0 Å². The number of aliphatic carboxylic acids is 1. The minimum absolute atomic E-state index is 0.178. The summed E-state index contributed by atoms with van der Waals surface area (Å²) in [4.78, 5) is 12.7. The molecule has 0 aliphatic rings. The van der Waals surface area contributed by atoms with E-state index in [0.29, 0.717) is 12.5 Å². The smallest absolute Gasteiger partial charge is 0.306 e. The number of hydrogen-bond acceptors (Lipinski definition) is 4. The first kappa shape index (κ1) is 33.3. The number of rotatable bonds is 19. The van der Waals surface area contributed by atoms with E-state index < -0.39 is 5.97 Å². The average Bonchev–Trinajstić information content (AvgIpc) is 2.75. The van der Waals surface area contributed by atoms with Gasteiger partial charge in [-0.2, -0.15) is 0 Å². The second kappa shape index (κ2) is 21.9. The lowest BCUT2D eigenvalue weighted by atomic mass is 9.99. The van der Waals surface area contributed by atoms with E-state index in [4.69, 9.17) is 14.6 Å². The maximum atomic E-state index is 10.6. The fraction of sp³-hybridized carbons (Fsp3) is 0.889. The summed E-state index contributed by atoms with van der Waals surface area (Å²) in [5.41, 5.74) is -0.297. The number of methoxy groups -OCH3 is 2. The zero-order valence-corrected chi connectivity index (χ0v) is 22.6. The van der Waals surface area contributed by atoms with Crippen molar-refractivity contribution in [2.45, 2.75) is 110 Å². The van der Waals surface area contributed by atoms with Gasteiger partial charge < -0.3 is 14.6 Å². The van der Waals surface area contributed by atoms with Gasteiger partial charge in [-0.05, 0) is 52.1 Å². The molecule has 0 aliphatic carbocycles. The highest BCUT2D eigenvalue weighted by molar-refractivity contribution is 5.69. The average molecular weight is 458 g/mol. The van der Waals surface area contributed by atoms with Crippen molar-refractivity contribution in [3.05, 3.63) is 12.2 Å². The van der Waals surface area contributed by atoms with Gasteiger partial charge in [-0.3, -0.25) is 9.69 Å². The largest absolute Gasteiger partial charge is 0.481 e. The van der Waals surface area contributed by atoms with Crippen LogP contribution in [0.15, 0.2) is 12.2 Å². The Bertz CT molecular complexity index is 441. The Morgan fingerprint density at radius 1 is 0.906 bits per heavy atom. The van der Waals surface area contributed by atoms with Gasteiger partial charge >= 0.3 is 5.97 Å². The van der Waals surface area contributed by atoms with Crippen molar-refractivity contribution in [2.75, 3.05) is 34.9 Å². The molecule has 0 aliphatic heterocycles. The summed E-state index contributed by atoms with van der Waals surface area (Å²) in [6.45, 7) is 8.90. The first-order chi connectivity index (χ1) is 15.2. The fourth-order valence-corrected chi connectivity index (χ4v) is 3.79. The van der Waals surface area contributed by atoms with Crippen LogP contribution in [0.4, 0.5) is 0 Å². The predicted octanol–water partition coefficient (Wildman–Crippen LogP) is 7.16. The van der Waals surface area contributed by atoms with E-state index in [1.165, 1.54) is 64.2 Å². The van der Waals surface area contributed by atoms with Crippen molar-refractivity contribution in [3.8, 4) is 0 Å². The lowest BCUT2D eigenvalue weighted by Crippen LogP contribution is -2.53. The zero-order chi connectivity index (χ0) is 24.8. The Labute approximate surface area is 199 Å². The molecule has 0 bridgehead atoms. The summed E-state index contributed by atoms with van der Waals surface area (Å²) in [6.07, 6.45) is 19.4. The number of carboxylic acids is 1. The molecule has 0 saturated carbocycles. The monoisotopic (exact) mass is 457 g/mol. The molecular weight excluding hydrogens is 402 g/mol. The van der Waals surface area contributed by atoms with Crippen molar-refractivity contribution in [1.29, 1.82) is 0 Å². The van der Waals surface area contributed by atoms with E-state index in [2.05, 4.69) is 37.8 Å². The molecule has 1 N–H and O–H groups in total. The van der Waals surface area contributed by atoms with E-state index >= 15 is 0 Å². The summed E-state index contributed by atoms with van der Waals surface area (Å²) in [5.74, 6) is -0.438. The molecular formula is C27H55NO4. The lowest BCUT2D eigenvalue weighted by Gasteiger charge is -2.41. The standard InChI is InChI=1S/C18H34O2.C9H21NO2/c1-3-4-5-6-7-8-9-10-11-12-13-14-15-16-17(2)18(19)20;1-8(2)9(12-6,7-11-5)10(3)4/h9-10,17H,3-8,11-16H2,1-2H3,(H,19,20);8H,7H2,1-6H3. The minimum Gasteiger partial charge on any atom is -0.481 e. The van der Waals surface area contributed by atoms with Crippen LogP contribution in [0.25, 0.3) is 0 Å². The predicted molar refractivity (Wildman–Crippen MR) is 137 cm³/mol. The number of ether oxygens (including phenoxy) is 2. The second-order valence-corrected chi connectivity index (χ2v) is 9.44. The molecule has 5 heteroatoms. The summed E-state index contributed by atoms with van der Waals surface area (Å²) in [6, 6.07) is 0. The molecule has 0 aromatic rings. The third-order valence-electron chi connectivity index (χ3n) is 6.18. The van der Waals surface area contributed by atoms with Crippen LogP contribution in [-0.2, 0) is 14.3 Å². The number of likely N-dealkylation sites (N-methyl/N-ethyl adjacent to an activating group) is 1. The topological polar surface area (TPSA) is 59.0 Å². The maximum absolute atomic E-state index is 10.6. The normalized spacial score (nSPS) is 14.4. The van der Waals surface area contributed by atoms with E-state index in [0.717, 1.165) is 12.8 Å². The van der Waals surface area contributed by atoms with Gasteiger partial charge in [0.15, 0.2) is 0 Å². The van der Waals surface area contributed by atoms with Gasteiger partial charge in [0.25, 0.3) is 0 Å². The highest BCUT2D eigenvalue weighted by Gasteiger charge is 2.36. The highest BCUT2D eigenvalue weighted by Crippen LogP contribution is 2.23. The van der Waals surface area contributed by atoms with Gasteiger partial charge in [-0.15, -0.1) is 0 Å². The first-order valence-electron chi connectivity index (χ1n) is 12.8. The van der Waals surface area contributed by atoms with Crippen LogP contribution in [-0.4, -0.2) is 56.6 Å². The van der Waals surface area contributed by atoms with Gasteiger partial charge in [-0.1, -0.05) is 84.8 Å². The first-order valence-corrected chi connectivity index (χ1v) is 12.8. The highest BCUT2D eigenvalue weighted by atomic mass is 16.5. The molecule has 0 fully saturated rings. The lowest BCUT2D eigenvalue weighted by molar-refractivity contribution is -0.178. The van der Waals surface area contributed by atoms with Crippen LogP contribution in [0.5, 0.6) is 0 Å². The van der Waals surface area contributed by atoms with Gasteiger partial charge in [0, 0.05) is 14.2 Å². The third kappa shape index (κ3) is 16.7. The zero-order valence-electron chi connectivity index (χ0n) is 22.6. The molecule has 0 rings (SSSR count). The Morgan fingerprint density at radius 2 is 1.41 bits per heavy atom. The molecule has 5 nitrogen and oxygen atoms in total. The van der Waals surface area contributed by atoms with E-state index in [1.807, 2.05) is 14.1 Å². The number of unbranched alkanes of at least 4 members (excludes halogenated alkanes) is 9.